The molecule has 2 aromatic carbocycles. The molecule has 3 nitrogen and oxygen atoms in total. The van der Waals surface area contributed by atoms with E-state index in [1.807, 2.05) is 55.5 Å². The minimum absolute atomic E-state index is 0.0428. The number of ether oxygens (including phenoxy) is 2. The van der Waals surface area contributed by atoms with E-state index in [1.165, 1.54) is 6.92 Å². The van der Waals surface area contributed by atoms with Gasteiger partial charge in [0.2, 0.25) is 0 Å². The van der Waals surface area contributed by atoms with Crippen molar-refractivity contribution < 1.29 is 14.3 Å². The van der Waals surface area contributed by atoms with Gasteiger partial charge >= 0.3 is 0 Å². The first-order valence-corrected chi connectivity index (χ1v) is 6.48. The lowest BCUT2D eigenvalue weighted by atomic mass is 10.1. The molecule has 0 aliphatic heterocycles. The third kappa shape index (κ3) is 3.38. The van der Waals surface area contributed by atoms with Gasteiger partial charge in [0.1, 0.15) is 11.5 Å². The summed E-state index contributed by atoms with van der Waals surface area (Å²) in [7, 11) is 1.60. The van der Waals surface area contributed by atoms with Crippen LogP contribution < -0.4 is 9.47 Å². The Morgan fingerprint density at radius 3 is 2.35 bits per heavy atom. The molecule has 1 unspecified atom stereocenters. The molecule has 0 bridgehead atoms. The fraction of sp³-hybridized carbons (Fsp3) is 0.235. The van der Waals surface area contributed by atoms with Gasteiger partial charge in [0.05, 0.1) is 7.11 Å². The summed E-state index contributed by atoms with van der Waals surface area (Å²) in [6.45, 7) is 3.53. The van der Waals surface area contributed by atoms with Gasteiger partial charge in [-0.2, -0.15) is 0 Å². The molecule has 0 spiro atoms. The molecule has 0 radical (unpaired) electrons. The third-order valence-electron chi connectivity index (χ3n) is 3.04. The Labute approximate surface area is 119 Å². The summed E-state index contributed by atoms with van der Waals surface area (Å²) in [5, 5.41) is 0. The van der Waals surface area contributed by atoms with Crippen LogP contribution in [0.1, 0.15) is 24.2 Å². The van der Waals surface area contributed by atoms with Crippen molar-refractivity contribution in [3.05, 3.63) is 59.7 Å². The smallest absolute Gasteiger partial charge is 0.181 e. The first-order valence-electron chi connectivity index (χ1n) is 6.48. The van der Waals surface area contributed by atoms with E-state index in [0.29, 0.717) is 11.5 Å². The maximum absolute atomic E-state index is 11.8. The number of methoxy groups -OCH3 is 1. The first kappa shape index (κ1) is 14.1. The normalized spacial score (nSPS) is 11.8. The summed E-state index contributed by atoms with van der Waals surface area (Å²) < 4.78 is 11.0. The average Bonchev–Trinajstić information content (AvgIpc) is 2.46. The Morgan fingerprint density at radius 2 is 1.75 bits per heavy atom. The van der Waals surface area contributed by atoms with Crippen LogP contribution in [0.25, 0.3) is 0 Å². The molecule has 0 fully saturated rings. The fourth-order valence-corrected chi connectivity index (χ4v) is 1.94. The van der Waals surface area contributed by atoms with Crippen molar-refractivity contribution >= 4 is 5.78 Å². The second-order valence-corrected chi connectivity index (χ2v) is 4.70. The Bertz CT molecular complexity index is 587. The van der Waals surface area contributed by atoms with Crippen LogP contribution in [-0.4, -0.2) is 12.9 Å². The summed E-state index contributed by atoms with van der Waals surface area (Å²) in [5.41, 5.74) is 1.94. The average molecular weight is 270 g/mol. The minimum atomic E-state index is -0.618. The van der Waals surface area contributed by atoms with E-state index < -0.39 is 6.10 Å². The van der Waals surface area contributed by atoms with E-state index >= 15 is 0 Å². The molecule has 0 amide bonds. The van der Waals surface area contributed by atoms with E-state index in [0.717, 1.165) is 11.1 Å². The number of benzene rings is 2. The maximum atomic E-state index is 11.8. The Kier molecular flexibility index (Phi) is 4.41. The molecule has 0 aliphatic carbocycles. The van der Waals surface area contributed by atoms with Gasteiger partial charge in [-0.3, -0.25) is 4.79 Å². The molecule has 0 heterocycles. The van der Waals surface area contributed by atoms with Crippen LogP contribution in [0.5, 0.6) is 11.5 Å². The van der Waals surface area contributed by atoms with Crippen molar-refractivity contribution in [2.75, 3.05) is 7.11 Å². The summed E-state index contributed by atoms with van der Waals surface area (Å²) in [6, 6.07) is 15.0. The van der Waals surface area contributed by atoms with Crippen LogP contribution in [-0.2, 0) is 4.79 Å². The maximum Gasteiger partial charge on any atom is 0.181 e. The molecule has 104 valence electrons. The zero-order chi connectivity index (χ0) is 14.5. The monoisotopic (exact) mass is 270 g/mol. The lowest BCUT2D eigenvalue weighted by Gasteiger charge is -2.17. The topological polar surface area (TPSA) is 35.5 Å². The Morgan fingerprint density at radius 1 is 1.05 bits per heavy atom. The second-order valence-electron chi connectivity index (χ2n) is 4.70. The number of ketones is 1. The van der Waals surface area contributed by atoms with Crippen molar-refractivity contribution in [1.29, 1.82) is 0 Å². The summed E-state index contributed by atoms with van der Waals surface area (Å²) >= 11 is 0. The van der Waals surface area contributed by atoms with Crippen LogP contribution in [0, 0.1) is 6.92 Å². The predicted molar refractivity (Wildman–Crippen MR) is 78.2 cm³/mol. The van der Waals surface area contributed by atoms with Crippen LogP contribution in [0.2, 0.25) is 0 Å². The van der Waals surface area contributed by atoms with Crippen LogP contribution >= 0.6 is 0 Å². The third-order valence-corrected chi connectivity index (χ3v) is 3.04. The Balaban J connectivity index is 2.26. The number of rotatable bonds is 5. The van der Waals surface area contributed by atoms with Gasteiger partial charge in [-0.15, -0.1) is 0 Å². The van der Waals surface area contributed by atoms with Crippen molar-refractivity contribution in [2.45, 2.75) is 20.0 Å². The van der Waals surface area contributed by atoms with Gasteiger partial charge in [0.15, 0.2) is 11.9 Å². The van der Waals surface area contributed by atoms with Crippen molar-refractivity contribution in [2.24, 2.45) is 0 Å². The van der Waals surface area contributed by atoms with Crippen molar-refractivity contribution in [3.63, 3.8) is 0 Å². The Hall–Kier alpha value is -2.29. The number of hydrogen-bond donors (Lipinski definition) is 0. The van der Waals surface area contributed by atoms with Gasteiger partial charge in [-0.1, -0.05) is 29.8 Å². The molecule has 2 rings (SSSR count). The van der Waals surface area contributed by atoms with Gasteiger partial charge < -0.3 is 9.47 Å². The van der Waals surface area contributed by atoms with E-state index in [1.54, 1.807) is 7.11 Å². The van der Waals surface area contributed by atoms with Crippen LogP contribution in [0.4, 0.5) is 0 Å². The van der Waals surface area contributed by atoms with Gasteiger partial charge in [-0.05, 0) is 38.1 Å². The minimum Gasteiger partial charge on any atom is -0.497 e. The molecule has 1 atom stereocenters. The van der Waals surface area contributed by atoms with E-state index in [2.05, 4.69) is 0 Å². The van der Waals surface area contributed by atoms with Gasteiger partial charge in [0, 0.05) is 5.56 Å². The zero-order valence-corrected chi connectivity index (χ0v) is 11.9. The number of aryl methyl sites for hydroxylation is 1. The number of carbonyl (C=O) groups is 1. The van der Waals surface area contributed by atoms with Crippen molar-refractivity contribution in [3.8, 4) is 11.5 Å². The van der Waals surface area contributed by atoms with E-state index in [9.17, 15) is 4.79 Å². The predicted octanol–water partition coefficient (Wildman–Crippen LogP) is 3.71. The molecule has 0 saturated carbocycles. The number of Topliss-reactive ketones (excluding diaryl/α,β-unsaturated/α-hetero) is 1. The first-order chi connectivity index (χ1) is 9.60. The molecule has 0 saturated heterocycles. The number of hydrogen-bond acceptors (Lipinski definition) is 3. The molecular weight excluding hydrogens is 252 g/mol. The van der Waals surface area contributed by atoms with Crippen LogP contribution in [0.15, 0.2) is 48.5 Å². The van der Waals surface area contributed by atoms with Gasteiger partial charge in [-0.25, -0.2) is 0 Å². The highest BCUT2D eigenvalue weighted by molar-refractivity contribution is 5.82. The standard InChI is InChI=1S/C17H18O3/c1-12-7-9-15(10-8-12)20-17(13(2)18)14-5-4-6-16(11-14)19-3/h4-11,17H,1-3H3. The fourth-order valence-electron chi connectivity index (χ4n) is 1.94. The highest BCUT2D eigenvalue weighted by Gasteiger charge is 2.19. The second kappa shape index (κ2) is 6.24. The van der Waals surface area contributed by atoms with E-state index in [-0.39, 0.29) is 5.78 Å². The SMILES string of the molecule is COc1cccc(C(Oc2ccc(C)cc2)C(C)=O)c1. The molecule has 20 heavy (non-hydrogen) atoms. The summed E-state index contributed by atoms with van der Waals surface area (Å²) in [6.07, 6.45) is -0.618. The molecule has 3 heteroatoms. The quantitative estimate of drug-likeness (QED) is 0.830. The summed E-state index contributed by atoms with van der Waals surface area (Å²) in [4.78, 5) is 11.8. The summed E-state index contributed by atoms with van der Waals surface area (Å²) in [5.74, 6) is 1.35. The molecule has 0 aliphatic rings. The van der Waals surface area contributed by atoms with Crippen LogP contribution in [0.3, 0.4) is 0 Å². The largest absolute Gasteiger partial charge is 0.497 e. The molecule has 0 aromatic heterocycles. The highest BCUT2D eigenvalue weighted by Crippen LogP contribution is 2.25. The zero-order valence-electron chi connectivity index (χ0n) is 11.9. The number of carbonyl (C=O) groups excluding carboxylic acids is 1. The molecule has 2 aromatic rings. The highest BCUT2D eigenvalue weighted by atomic mass is 16.5. The van der Waals surface area contributed by atoms with Crippen molar-refractivity contribution in [1.82, 2.24) is 0 Å². The van der Waals surface area contributed by atoms with Gasteiger partial charge in [0.25, 0.3) is 0 Å². The molecule has 0 N–H and O–H groups in total. The lowest BCUT2D eigenvalue weighted by Crippen LogP contribution is -2.16. The lowest BCUT2D eigenvalue weighted by molar-refractivity contribution is -0.123. The van der Waals surface area contributed by atoms with E-state index in [4.69, 9.17) is 9.47 Å². The molecular formula is C17H18O3.